The zero-order chi connectivity index (χ0) is 12.4. The normalized spacial score (nSPS) is 13.8. The number of rotatable bonds is 4. The Balaban J connectivity index is 2.23. The molecule has 1 aliphatic heterocycles. The van der Waals surface area contributed by atoms with E-state index in [9.17, 15) is 14.4 Å². The number of hydrogen-bond donors (Lipinski definition) is 1. The summed E-state index contributed by atoms with van der Waals surface area (Å²) < 4.78 is 0. The monoisotopic (exact) mass is 232 g/mol. The molecule has 0 atom stereocenters. The zero-order valence-electron chi connectivity index (χ0n) is 9.40. The molecule has 0 radical (unpaired) electrons. The van der Waals surface area contributed by atoms with Crippen molar-refractivity contribution in [2.45, 2.75) is 6.92 Å². The third kappa shape index (κ3) is 1.91. The minimum absolute atomic E-state index is 0.199. The van der Waals surface area contributed by atoms with Gasteiger partial charge in [0.1, 0.15) is 0 Å². The van der Waals surface area contributed by atoms with Crippen LogP contribution >= 0.6 is 0 Å². The van der Waals surface area contributed by atoms with Crippen molar-refractivity contribution in [3.63, 3.8) is 0 Å². The van der Waals surface area contributed by atoms with Crippen molar-refractivity contribution in [2.24, 2.45) is 0 Å². The third-order valence-electron chi connectivity index (χ3n) is 2.69. The molecule has 2 rings (SSSR count). The van der Waals surface area contributed by atoms with Gasteiger partial charge in [0.25, 0.3) is 11.8 Å². The van der Waals surface area contributed by atoms with Crippen LogP contribution in [0.4, 0.5) is 0 Å². The van der Waals surface area contributed by atoms with Crippen molar-refractivity contribution in [3.8, 4) is 0 Å². The smallest absolute Gasteiger partial charge is 0.261 e. The zero-order valence-corrected chi connectivity index (χ0v) is 9.40. The summed E-state index contributed by atoms with van der Waals surface area (Å²) in [5.41, 5.74) is 1.82. The fourth-order valence-corrected chi connectivity index (χ4v) is 1.84. The van der Waals surface area contributed by atoms with Crippen LogP contribution in [0.5, 0.6) is 0 Å². The van der Waals surface area contributed by atoms with Gasteiger partial charge in [-0.3, -0.25) is 19.3 Å². The van der Waals surface area contributed by atoms with Crippen LogP contribution in [-0.2, 0) is 4.79 Å². The number of imide groups is 1. The second-order valence-electron chi connectivity index (χ2n) is 3.88. The molecular formula is C12H12N2O3. The molecule has 0 fully saturated rings. The Morgan fingerprint density at radius 2 is 1.94 bits per heavy atom. The Labute approximate surface area is 98.4 Å². The number of benzene rings is 1. The molecule has 1 aromatic carbocycles. The van der Waals surface area contributed by atoms with Gasteiger partial charge in [-0.05, 0) is 19.1 Å². The first-order valence-electron chi connectivity index (χ1n) is 5.29. The molecule has 88 valence electrons. The van der Waals surface area contributed by atoms with Gasteiger partial charge in [0, 0.05) is 13.1 Å². The summed E-state index contributed by atoms with van der Waals surface area (Å²) in [5.74, 6) is -0.584. The van der Waals surface area contributed by atoms with E-state index in [2.05, 4.69) is 5.32 Å². The Bertz CT molecular complexity index is 497. The van der Waals surface area contributed by atoms with Gasteiger partial charge in [-0.15, -0.1) is 0 Å². The number of nitrogens with one attached hydrogen (secondary N) is 1. The molecule has 1 aliphatic rings. The predicted molar refractivity (Wildman–Crippen MR) is 60.6 cm³/mol. The van der Waals surface area contributed by atoms with E-state index in [0.29, 0.717) is 17.5 Å². The van der Waals surface area contributed by atoms with Crippen LogP contribution in [0.3, 0.4) is 0 Å². The van der Waals surface area contributed by atoms with Crippen LogP contribution in [0, 0.1) is 6.92 Å². The SMILES string of the molecule is Cc1ccc2c(c1)C(=O)N(CCNC=O)C2=O. The van der Waals surface area contributed by atoms with Gasteiger partial charge in [0.15, 0.2) is 0 Å². The summed E-state index contributed by atoms with van der Waals surface area (Å²) in [6.45, 7) is 2.34. The fourth-order valence-electron chi connectivity index (χ4n) is 1.84. The van der Waals surface area contributed by atoms with E-state index in [1.807, 2.05) is 6.92 Å². The number of fused-ring (bicyclic) bond motifs is 1. The maximum Gasteiger partial charge on any atom is 0.261 e. The summed E-state index contributed by atoms with van der Waals surface area (Å²) in [4.78, 5) is 35.1. The molecule has 0 saturated carbocycles. The minimum Gasteiger partial charge on any atom is -0.357 e. The molecule has 0 bridgehead atoms. The molecule has 0 unspecified atom stereocenters. The molecule has 0 spiro atoms. The molecule has 17 heavy (non-hydrogen) atoms. The summed E-state index contributed by atoms with van der Waals surface area (Å²) in [5, 5.41) is 2.43. The van der Waals surface area contributed by atoms with Gasteiger partial charge in [-0.2, -0.15) is 0 Å². The highest BCUT2D eigenvalue weighted by molar-refractivity contribution is 6.21. The number of aryl methyl sites for hydroxylation is 1. The van der Waals surface area contributed by atoms with Crippen LogP contribution in [0.15, 0.2) is 18.2 Å². The van der Waals surface area contributed by atoms with Crippen LogP contribution in [-0.4, -0.2) is 36.2 Å². The molecule has 3 amide bonds. The number of amides is 3. The van der Waals surface area contributed by atoms with Crippen molar-refractivity contribution >= 4 is 18.2 Å². The topological polar surface area (TPSA) is 66.5 Å². The quantitative estimate of drug-likeness (QED) is 0.462. The maximum absolute atomic E-state index is 11.9. The average Bonchev–Trinajstić information content (AvgIpc) is 2.54. The minimum atomic E-state index is -0.294. The Morgan fingerprint density at radius 1 is 1.24 bits per heavy atom. The highest BCUT2D eigenvalue weighted by Crippen LogP contribution is 2.23. The molecule has 1 aromatic rings. The van der Waals surface area contributed by atoms with Gasteiger partial charge in [-0.25, -0.2) is 0 Å². The van der Waals surface area contributed by atoms with E-state index >= 15 is 0 Å². The summed E-state index contributed by atoms with van der Waals surface area (Å²) >= 11 is 0. The Hall–Kier alpha value is -2.17. The largest absolute Gasteiger partial charge is 0.357 e. The van der Waals surface area contributed by atoms with Crippen LogP contribution in [0.25, 0.3) is 0 Å². The van der Waals surface area contributed by atoms with E-state index in [1.54, 1.807) is 18.2 Å². The van der Waals surface area contributed by atoms with Crippen LogP contribution in [0.2, 0.25) is 0 Å². The van der Waals surface area contributed by atoms with Crippen molar-refractivity contribution in [3.05, 3.63) is 34.9 Å². The van der Waals surface area contributed by atoms with Gasteiger partial charge in [0.05, 0.1) is 11.1 Å². The number of carbonyl (C=O) groups is 3. The highest BCUT2D eigenvalue weighted by atomic mass is 16.2. The molecule has 0 saturated heterocycles. The van der Waals surface area contributed by atoms with Crippen molar-refractivity contribution < 1.29 is 14.4 Å². The van der Waals surface area contributed by atoms with E-state index in [4.69, 9.17) is 0 Å². The highest BCUT2D eigenvalue weighted by Gasteiger charge is 2.34. The summed E-state index contributed by atoms with van der Waals surface area (Å²) in [6.07, 6.45) is 0.544. The Morgan fingerprint density at radius 3 is 2.65 bits per heavy atom. The van der Waals surface area contributed by atoms with Gasteiger partial charge in [0.2, 0.25) is 6.41 Å². The van der Waals surface area contributed by atoms with Crippen LogP contribution in [0.1, 0.15) is 26.3 Å². The molecule has 1 heterocycles. The van der Waals surface area contributed by atoms with E-state index in [1.165, 1.54) is 0 Å². The average molecular weight is 232 g/mol. The van der Waals surface area contributed by atoms with E-state index < -0.39 is 0 Å². The van der Waals surface area contributed by atoms with Crippen molar-refractivity contribution in [1.82, 2.24) is 10.2 Å². The molecule has 0 aromatic heterocycles. The lowest BCUT2D eigenvalue weighted by Gasteiger charge is -2.12. The lowest BCUT2D eigenvalue weighted by Crippen LogP contribution is -2.35. The maximum atomic E-state index is 11.9. The van der Waals surface area contributed by atoms with E-state index in [0.717, 1.165) is 10.5 Å². The molecule has 5 nitrogen and oxygen atoms in total. The van der Waals surface area contributed by atoms with Crippen molar-refractivity contribution in [2.75, 3.05) is 13.1 Å². The second kappa shape index (κ2) is 4.37. The standard InChI is InChI=1S/C12H12N2O3/c1-8-2-3-9-10(6-8)12(17)14(11(9)16)5-4-13-7-15/h2-3,6-7H,4-5H2,1H3,(H,13,15). The predicted octanol–water partition coefficient (Wildman–Crippen LogP) is 0.337. The first-order chi connectivity index (χ1) is 8.15. The lowest BCUT2D eigenvalue weighted by atomic mass is 10.1. The third-order valence-corrected chi connectivity index (χ3v) is 2.69. The number of carbonyl (C=O) groups excluding carboxylic acids is 3. The molecule has 0 aliphatic carbocycles. The fraction of sp³-hybridized carbons (Fsp3) is 0.250. The van der Waals surface area contributed by atoms with Gasteiger partial charge < -0.3 is 5.32 Å². The molecule has 5 heteroatoms. The summed E-state index contributed by atoms with van der Waals surface area (Å²) in [7, 11) is 0. The molecular weight excluding hydrogens is 220 g/mol. The van der Waals surface area contributed by atoms with Crippen LogP contribution < -0.4 is 5.32 Å². The van der Waals surface area contributed by atoms with Gasteiger partial charge >= 0.3 is 0 Å². The Kier molecular flexibility index (Phi) is 2.91. The number of hydrogen-bond acceptors (Lipinski definition) is 3. The second-order valence-corrected chi connectivity index (χ2v) is 3.88. The van der Waals surface area contributed by atoms with Crippen molar-refractivity contribution in [1.29, 1.82) is 0 Å². The van der Waals surface area contributed by atoms with E-state index in [-0.39, 0.29) is 24.9 Å². The first-order valence-corrected chi connectivity index (χ1v) is 5.29. The molecule has 1 N–H and O–H groups in total. The van der Waals surface area contributed by atoms with Gasteiger partial charge in [-0.1, -0.05) is 11.6 Å². The first kappa shape index (κ1) is 11.3. The summed E-state index contributed by atoms with van der Waals surface area (Å²) in [6, 6.07) is 5.18. The lowest BCUT2D eigenvalue weighted by molar-refractivity contribution is -0.109. The number of nitrogens with zero attached hydrogens (tertiary/aromatic N) is 1.